The van der Waals surface area contributed by atoms with E-state index < -0.39 is 0 Å². The fourth-order valence-corrected chi connectivity index (χ4v) is 3.71. The molecule has 2 aromatic rings. The van der Waals surface area contributed by atoms with E-state index in [2.05, 4.69) is 24.6 Å². The highest BCUT2D eigenvalue weighted by molar-refractivity contribution is 7.18. The van der Waals surface area contributed by atoms with Gasteiger partial charge >= 0.3 is 0 Å². The maximum Gasteiger partial charge on any atom is 0.271 e. The maximum atomic E-state index is 12.2. The summed E-state index contributed by atoms with van der Waals surface area (Å²) in [5.74, 6) is 0.644. The molecular formula is C12H16N6OS2. The van der Waals surface area contributed by atoms with Crippen LogP contribution in [0.1, 0.15) is 34.8 Å². The first-order chi connectivity index (χ1) is 10.1. The molecule has 7 nitrogen and oxygen atoms in total. The van der Waals surface area contributed by atoms with E-state index in [1.807, 2.05) is 0 Å². The standard InChI is InChI=1S/C12H16N6OS2/c1-7-14-11(21-17-7)16-10(19)8-9(13)15-12(20-8)18-5-3-2-4-6-18/h2-6,13H2,1H3,(H,14,16,17,19). The molecule has 3 rings (SSSR count). The van der Waals surface area contributed by atoms with Crippen molar-refractivity contribution in [1.82, 2.24) is 14.3 Å². The van der Waals surface area contributed by atoms with Crippen molar-refractivity contribution in [3.63, 3.8) is 0 Å². The zero-order valence-electron chi connectivity index (χ0n) is 11.6. The molecular weight excluding hydrogens is 308 g/mol. The second kappa shape index (κ2) is 5.94. The predicted octanol–water partition coefficient (Wildman–Crippen LogP) is 2.13. The van der Waals surface area contributed by atoms with Gasteiger partial charge in [0.15, 0.2) is 5.13 Å². The Labute approximate surface area is 130 Å². The van der Waals surface area contributed by atoms with Crippen molar-refractivity contribution in [2.75, 3.05) is 29.0 Å². The number of nitrogen functional groups attached to an aromatic ring is 1. The number of carbonyl (C=O) groups is 1. The topological polar surface area (TPSA) is 97.0 Å². The third kappa shape index (κ3) is 3.13. The number of aromatic nitrogens is 3. The van der Waals surface area contributed by atoms with Gasteiger partial charge in [-0.05, 0) is 26.2 Å². The zero-order valence-corrected chi connectivity index (χ0v) is 13.3. The molecule has 0 radical (unpaired) electrons. The third-order valence-corrected chi connectivity index (χ3v) is 5.08. The summed E-state index contributed by atoms with van der Waals surface area (Å²) in [6.07, 6.45) is 3.57. The van der Waals surface area contributed by atoms with E-state index in [1.165, 1.54) is 17.8 Å². The number of nitrogens with one attached hydrogen (secondary N) is 1. The Morgan fingerprint density at radius 3 is 2.71 bits per heavy atom. The quantitative estimate of drug-likeness (QED) is 0.897. The van der Waals surface area contributed by atoms with Gasteiger partial charge in [0.05, 0.1) is 0 Å². The largest absolute Gasteiger partial charge is 0.382 e. The number of rotatable bonds is 3. The van der Waals surface area contributed by atoms with E-state index in [0.717, 1.165) is 42.6 Å². The molecule has 0 spiro atoms. The fourth-order valence-electron chi connectivity index (χ4n) is 2.21. The van der Waals surface area contributed by atoms with Gasteiger partial charge in [0.1, 0.15) is 16.5 Å². The van der Waals surface area contributed by atoms with Crippen LogP contribution in [0.4, 0.5) is 16.1 Å². The lowest BCUT2D eigenvalue weighted by atomic mass is 10.1. The minimum absolute atomic E-state index is 0.274. The van der Waals surface area contributed by atoms with Crippen LogP contribution in [0.2, 0.25) is 0 Å². The SMILES string of the molecule is Cc1nsc(NC(=O)c2sc(N3CCCCC3)nc2N)n1. The smallest absolute Gasteiger partial charge is 0.271 e. The van der Waals surface area contributed by atoms with Crippen LogP contribution in [0.5, 0.6) is 0 Å². The molecule has 1 fully saturated rings. The first-order valence-corrected chi connectivity index (χ1v) is 8.35. The van der Waals surface area contributed by atoms with Crippen LogP contribution >= 0.6 is 22.9 Å². The number of hydrogen-bond acceptors (Lipinski definition) is 8. The molecule has 2 aromatic heterocycles. The van der Waals surface area contributed by atoms with Crippen LogP contribution in [0.3, 0.4) is 0 Å². The Morgan fingerprint density at radius 1 is 1.29 bits per heavy atom. The van der Waals surface area contributed by atoms with Gasteiger partial charge in [0.25, 0.3) is 5.91 Å². The second-order valence-corrected chi connectivity index (χ2v) is 6.59. The summed E-state index contributed by atoms with van der Waals surface area (Å²) >= 11 is 2.49. The van der Waals surface area contributed by atoms with Gasteiger partial charge in [-0.1, -0.05) is 11.3 Å². The Balaban J connectivity index is 1.75. The van der Waals surface area contributed by atoms with Gasteiger partial charge in [-0.2, -0.15) is 4.37 Å². The lowest BCUT2D eigenvalue weighted by molar-refractivity contribution is 0.103. The molecule has 3 N–H and O–H groups in total. The first kappa shape index (κ1) is 14.2. The predicted molar refractivity (Wildman–Crippen MR) is 85.2 cm³/mol. The van der Waals surface area contributed by atoms with E-state index in [1.54, 1.807) is 6.92 Å². The number of amides is 1. The van der Waals surface area contributed by atoms with Crippen LogP contribution < -0.4 is 16.0 Å². The third-order valence-electron chi connectivity index (χ3n) is 3.22. The molecule has 1 saturated heterocycles. The summed E-state index contributed by atoms with van der Waals surface area (Å²) in [5.41, 5.74) is 5.89. The molecule has 0 saturated carbocycles. The molecule has 1 amide bonds. The zero-order chi connectivity index (χ0) is 14.8. The number of carbonyl (C=O) groups excluding carboxylic acids is 1. The van der Waals surface area contributed by atoms with E-state index >= 15 is 0 Å². The Morgan fingerprint density at radius 2 is 2.05 bits per heavy atom. The number of thiazole rings is 1. The number of aryl methyl sites for hydroxylation is 1. The summed E-state index contributed by atoms with van der Waals surface area (Å²) in [6, 6.07) is 0. The Hall–Kier alpha value is -1.74. The van der Waals surface area contributed by atoms with Gasteiger partial charge in [-0.3, -0.25) is 10.1 Å². The van der Waals surface area contributed by atoms with Crippen molar-refractivity contribution < 1.29 is 4.79 Å². The van der Waals surface area contributed by atoms with Crippen molar-refractivity contribution in [1.29, 1.82) is 0 Å². The van der Waals surface area contributed by atoms with Crippen molar-refractivity contribution in [2.45, 2.75) is 26.2 Å². The molecule has 9 heteroatoms. The van der Waals surface area contributed by atoms with Crippen molar-refractivity contribution >= 4 is 44.9 Å². The molecule has 0 bridgehead atoms. The molecule has 21 heavy (non-hydrogen) atoms. The average molecular weight is 324 g/mol. The fraction of sp³-hybridized carbons (Fsp3) is 0.500. The van der Waals surface area contributed by atoms with Gasteiger partial charge < -0.3 is 10.6 Å². The van der Waals surface area contributed by atoms with E-state index in [-0.39, 0.29) is 11.7 Å². The second-order valence-electron chi connectivity index (χ2n) is 4.86. The summed E-state index contributed by atoms with van der Waals surface area (Å²) < 4.78 is 4.03. The van der Waals surface area contributed by atoms with Gasteiger partial charge in [0, 0.05) is 24.6 Å². The highest BCUT2D eigenvalue weighted by atomic mass is 32.1. The van der Waals surface area contributed by atoms with Gasteiger partial charge in [-0.25, -0.2) is 9.97 Å². The van der Waals surface area contributed by atoms with Gasteiger partial charge in [-0.15, -0.1) is 0 Å². The first-order valence-electron chi connectivity index (χ1n) is 6.76. The van der Waals surface area contributed by atoms with Crippen molar-refractivity contribution in [3.8, 4) is 0 Å². The summed E-state index contributed by atoms with van der Waals surface area (Å²) in [6.45, 7) is 3.73. The summed E-state index contributed by atoms with van der Waals surface area (Å²) in [7, 11) is 0. The number of piperidine rings is 1. The minimum Gasteiger partial charge on any atom is -0.382 e. The molecule has 0 atom stereocenters. The normalized spacial score (nSPS) is 15.2. The number of hydrogen-bond donors (Lipinski definition) is 2. The minimum atomic E-state index is -0.274. The highest BCUT2D eigenvalue weighted by Crippen LogP contribution is 2.30. The van der Waals surface area contributed by atoms with Crippen LogP contribution in [0.25, 0.3) is 0 Å². The maximum absolute atomic E-state index is 12.2. The van der Waals surface area contributed by atoms with Crippen molar-refractivity contribution in [2.24, 2.45) is 0 Å². The lowest BCUT2D eigenvalue weighted by Crippen LogP contribution is -2.29. The van der Waals surface area contributed by atoms with E-state index in [9.17, 15) is 4.79 Å². The van der Waals surface area contributed by atoms with Crippen LogP contribution in [-0.4, -0.2) is 33.3 Å². The number of nitrogens with zero attached hydrogens (tertiary/aromatic N) is 4. The monoisotopic (exact) mass is 324 g/mol. The molecule has 1 aliphatic heterocycles. The molecule has 3 heterocycles. The molecule has 0 unspecified atom stereocenters. The number of nitrogens with two attached hydrogens (primary N) is 1. The van der Waals surface area contributed by atoms with E-state index in [0.29, 0.717) is 15.8 Å². The number of anilines is 3. The van der Waals surface area contributed by atoms with Gasteiger partial charge in [0.2, 0.25) is 5.13 Å². The van der Waals surface area contributed by atoms with Crippen molar-refractivity contribution in [3.05, 3.63) is 10.7 Å². The Bertz CT molecular complexity index is 646. The molecule has 0 aromatic carbocycles. The molecule has 1 aliphatic rings. The average Bonchev–Trinajstić information content (AvgIpc) is 3.06. The Kier molecular flexibility index (Phi) is 4.02. The highest BCUT2D eigenvalue weighted by Gasteiger charge is 2.21. The summed E-state index contributed by atoms with van der Waals surface area (Å²) in [4.78, 5) is 23.3. The van der Waals surface area contributed by atoms with Crippen LogP contribution in [-0.2, 0) is 0 Å². The van der Waals surface area contributed by atoms with Crippen LogP contribution in [0, 0.1) is 6.92 Å². The lowest BCUT2D eigenvalue weighted by Gasteiger charge is -2.25. The van der Waals surface area contributed by atoms with Crippen LogP contribution in [0.15, 0.2) is 0 Å². The molecule has 0 aliphatic carbocycles. The summed E-state index contributed by atoms with van der Waals surface area (Å²) in [5, 5.41) is 4.02. The van der Waals surface area contributed by atoms with E-state index in [4.69, 9.17) is 5.73 Å². The molecule has 112 valence electrons.